The maximum atomic E-state index is 12.8. The Morgan fingerprint density at radius 3 is 0.825 bits per heavy atom. The first-order chi connectivity index (χ1) is 39.5. The molecule has 0 aromatic carbocycles. The summed E-state index contributed by atoms with van der Waals surface area (Å²) in [7, 11) is 0. The van der Waals surface area contributed by atoms with Crippen molar-refractivity contribution in [3.05, 3.63) is 158 Å². The third-order valence-electron chi connectivity index (χ3n) is 13.2. The predicted octanol–water partition coefficient (Wildman–Crippen LogP) is 22.5. The maximum absolute atomic E-state index is 12.8. The first-order valence-corrected chi connectivity index (χ1v) is 32.5. The van der Waals surface area contributed by atoms with E-state index in [0.717, 1.165) is 135 Å². The molecule has 6 heteroatoms. The summed E-state index contributed by atoms with van der Waals surface area (Å²) in [6.07, 6.45) is 97.1. The van der Waals surface area contributed by atoms with E-state index in [9.17, 15) is 14.4 Å². The normalized spacial score (nSPS) is 13.2. The van der Waals surface area contributed by atoms with Crippen molar-refractivity contribution in [1.82, 2.24) is 0 Å². The SMILES string of the molecule is CC/C=C\C/C=C\C/C=C\C/C=C\C/C=C\C/C=C\CCCCCCCCCCCCCCCCC(=O)OCC(COC(=O)CCCCCCC/C=C\CCC)OC(=O)CC/C=C\C/C=C\C/C=C\C/C=C\C/C=C\C/C=C\CC. The molecule has 0 aromatic heterocycles. The minimum Gasteiger partial charge on any atom is -0.462 e. The largest absolute Gasteiger partial charge is 0.462 e. The van der Waals surface area contributed by atoms with Crippen molar-refractivity contribution >= 4 is 17.9 Å². The monoisotopic (exact) mass is 1100 g/mol. The first-order valence-electron chi connectivity index (χ1n) is 32.5. The molecular formula is C74H118O6. The van der Waals surface area contributed by atoms with E-state index in [2.05, 4.69) is 167 Å². The number of carbonyl (C=O) groups excluding carboxylic acids is 3. The second-order valence-electron chi connectivity index (χ2n) is 20.9. The van der Waals surface area contributed by atoms with Gasteiger partial charge in [-0.3, -0.25) is 14.4 Å². The lowest BCUT2D eigenvalue weighted by atomic mass is 10.0. The van der Waals surface area contributed by atoms with Crippen LogP contribution in [0.15, 0.2) is 158 Å². The average Bonchev–Trinajstić information content (AvgIpc) is 3.46. The van der Waals surface area contributed by atoms with Gasteiger partial charge in [0.1, 0.15) is 13.2 Å². The van der Waals surface area contributed by atoms with Gasteiger partial charge in [0, 0.05) is 19.3 Å². The van der Waals surface area contributed by atoms with Crippen LogP contribution in [0.5, 0.6) is 0 Å². The van der Waals surface area contributed by atoms with E-state index >= 15 is 0 Å². The number of allylic oxidation sites excluding steroid dienone is 26. The van der Waals surface area contributed by atoms with E-state index in [0.29, 0.717) is 19.3 Å². The van der Waals surface area contributed by atoms with E-state index in [-0.39, 0.29) is 31.6 Å². The molecule has 0 spiro atoms. The van der Waals surface area contributed by atoms with Gasteiger partial charge in [-0.2, -0.15) is 0 Å². The Balaban J connectivity index is 4.26. The van der Waals surface area contributed by atoms with E-state index in [1.807, 2.05) is 12.2 Å². The Hall–Kier alpha value is -4.97. The van der Waals surface area contributed by atoms with E-state index in [1.165, 1.54) is 89.9 Å². The topological polar surface area (TPSA) is 78.9 Å². The van der Waals surface area contributed by atoms with Crippen LogP contribution in [0.1, 0.15) is 271 Å². The molecule has 450 valence electrons. The van der Waals surface area contributed by atoms with Crippen LogP contribution >= 0.6 is 0 Å². The summed E-state index contributed by atoms with van der Waals surface area (Å²) in [5, 5.41) is 0. The van der Waals surface area contributed by atoms with Crippen LogP contribution in [0.2, 0.25) is 0 Å². The van der Waals surface area contributed by atoms with Gasteiger partial charge in [-0.25, -0.2) is 0 Å². The molecule has 1 unspecified atom stereocenters. The summed E-state index contributed by atoms with van der Waals surface area (Å²) in [6, 6.07) is 0. The van der Waals surface area contributed by atoms with Crippen LogP contribution in [0.25, 0.3) is 0 Å². The molecule has 0 bridgehead atoms. The molecule has 0 N–H and O–H groups in total. The zero-order valence-corrected chi connectivity index (χ0v) is 51.5. The third kappa shape index (κ3) is 63.9. The fraction of sp³-hybridized carbons (Fsp3) is 0.608. The van der Waals surface area contributed by atoms with E-state index < -0.39 is 12.1 Å². The van der Waals surface area contributed by atoms with Crippen molar-refractivity contribution in [3.63, 3.8) is 0 Å². The molecule has 1 atom stereocenters. The standard InChI is InChI=1S/C74H118O6/c1-4-7-10-13-16-19-22-24-26-28-30-31-32-33-34-35-36-37-38-39-40-41-42-43-45-46-48-50-52-55-58-61-64-67-73(76)79-70-71(69-78-72(75)66-63-60-57-54-21-18-15-12-9-6-3)80-74(77)68-65-62-59-56-53-51-49-47-44-29-27-25-23-20-17-14-11-8-5-2/h7-8,10-12,15-17,19-20,24-27,30-31,33-34,36-37,44,47,51,53,59,62,71H,4-6,9,13-14,18,21-23,28-29,32,35,38-43,45-46,48-50,52,54-58,60-61,63-70H2,1-3H3/b10-7-,11-8-,15-12-,19-16-,20-17-,26-24-,27-25-,31-30-,34-33-,37-36-,47-44-,53-51-,62-59-. The van der Waals surface area contributed by atoms with Gasteiger partial charge in [-0.05, 0) is 128 Å². The van der Waals surface area contributed by atoms with Crippen LogP contribution in [0.3, 0.4) is 0 Å². The van der Waals surface area contributed by atoms with Gasteiger partial charge in [0.15, 0.2) is 6.10 Å². The summed E-state index contributed by atoms with van der Waals surface area (Å²) in [6.45, 7) is 6.28. The van der Waals surface area contributed by atoms with Crippen LogP contribution in [-0.4, -0.2) is 37.2 Å². The number of unbranched alkanes of at least 4 members (excludes halogenated alkanes) is 20. The molecule has 6 nitrogen and oxygen atoms in total. The summed E-state index contributed by atoms with van der Waals surface area (Å²) in [5.41, 5.74) is 0. The number of carbonyl (C=O) groups is 3. The molecule has 0 saturated carbocycles. The molecule has 80 heavy (non-hydrogen) atoms. The van der Waals surface area contributed by atoms with Crippen LogP contribution in [-0.2, 0) is 28.6 Å². The molecule has 0 aliphatic rings. The van der Waals surface area contributed by atoms with Crippen LogP contribution < -0.4 is 0 Å². The van der Waals surface area contributed by atoms with Crippen molar-refractivity contribution in [2.45, 2.75) is 277 Å². The zero-order chi connectivity index (χ0) is 57.8. The number of rotatable bonds is 57. The van der Waals surface area contributed by atoms with Crippen molar-refractivity contribution < 1.29 is 28.6 Å². The number of esters is 3. The van der Waals surface area contributed by atoms with Crippen molar-refractivity contribution in [2.75, 3.05) is 13.2 Å². The Bertz CT molecular complexity index is 1790. The first kappa shape index (κ1) is 75.0. The summed E-state index contributed by atoms with van der Waals surface area (Å²) in [5.74, 6) is -1.01. The lowest BCUT2D eigenvalue weighted by Crippen LogP contribution is -2.30. The quantitative estimate of drug-likeness (QED) is 0.0261. The van der Waals surface area contributed by atoms with Crippen molar-refractivity contribution in [2.24, 2.45) is 0 Å². The van der Waals surface area contributed by atoms with Gasteiger partial charge in [-0.15, -0.1) is 0 Å². The van der Waals surface area contributed by atoms with Gasteiger partial charge < -0.3 is 14.2 Å². The molecule has 0 radical (unpaired) electrons. The smallest absolute Gasteiger partial charge is 0.306 e. The molecule has 0 amide bonds. The Morgan fingerprint density at radius 2 is 0.512 bits per heavy atom. The van der Waals surface area contributed by atoms with Gasteiger partial charge in [0.25, 0.3) is 0 Å². The summed E-state index contributed by atoms with van der Waals surface area (Å²) < 4.78 is 16.8. The van der Waals surface area contributed by atoms with Gasteiger partial charge >= 0.3 is 17.9 Å². The fourth-order valence-electron chi connectivity index (χ4n) is 8.47. The highest BCUT2D eigenvalue weighted by molar-refractivity contribution is 5.71. The van der Waals surface area contributed by atoms with Crippen LogP contribution in [0, 0.1) is 0 Å². The molecule has 0 heterocycles. The molecule has 0 aliphatic heterocycles. The molecule has 0 rings (SSSR count). The van der Waals surface area contributed by atoms with Crippen LogP contribution in [0.4, 0.5) is 0 Å². The Kier molecular flexibility index (Phi) is 62.4. The number of hydrogen-bond acceptors (Lipinski definition) is 6. The maximum Gasteiger partial charge on any atom is 0.306 e. The number of hydrogen-bond donors (Lipinski definition) is 0. The third-order valence-corrected chi connectivity index (χ3v) is 13.2. The fourth-order valence-corrected chi connectivity index (χ4v) is 8.47. The minimum absolute atomic E-state index is 0.116. The Morgan fingerprint density at radius 1 is 0.263 bits per heavy atom. The molecule has 0 aliphatic carbocycles. The van der Waals surface area contributed by atoms with Crippen molar-refractivity contribution in [3.8, 4) is 0 Å². The predicted molar refractivity (Wildman–Crippen MR) is 348 cm³/mol. The molecule has 0 aromatic rings. The highest BCUT2D eigenvalue weighted by Gasteiger charge is 2.19. The van der Waals surface area contributed by atoms with Gasteiger partial charge in [-0.1, -0.05) is 281 Å². The molecule has 0 saturated heterocycles. The van der Waals surface area contributed by atoms with E-state index in [4.69, 9.17) is 14.2 Å². The van der Waals surface area contributed by atoms with E-state index in [1.54, 1.807) is 0 Å². The highest BCUT2D eigenvalue weighted by Crippen LogP contribution is 2.15. The second kappa shape index (κ2) is 66.5. The van der Waals surface area contributed by atoms with Gasteiger partial charge in [0.05, 0.1) is 0 Å². The second-order valence-corrected chi connectivity index (χ2v) is 20.9. The number of ether oxygens (including phenoxy) is 3. The summed E-state index contributed by atoms with van der Waals surface area (Å²) in [4.78, 5) is 38.2. The lowest BCUT2D eigenvalue weighted by molar-refractivity contribution is -0.166. The summed E-state index contributed by atoms with van der Waals surface area (Å²) >= 11 is 0. The average molecular weight is 1100 g/mol. The molecule has 0 fully saturated rings. The zero-order valence-electron chi connectivity index (χ0n) is 51.5. The Labute approximate surface area is 492 Å². The molecular weight excluding hydrogens is 985 g/mol. The van der Waals surface area contributed by atoms with Gasteiger partial charge in [0.2, 0.25) is 0 Å². The lowest BCUT2D eigenvalue weighted by Gasteiger charge is -2.18. The minimum atomic E-state index is -0.828. The highest BCUT2D eigenvalue weighted by atomic mass is 16.6. The van der Waals surface area contributed by atoms with Crippen molar-refractivity contribution in [1.29, 1.82) is 0 Å².